The van der Waals surface area contributed by atoms with E-state index in [9.17, 15) is 0 Å². The molecule has 0 radical (unpaired) electrons. The molecule has 1 saturated carbocycles. The van der Waals surface area contributed by atoms with Gasteiger partial charge in [-0.25, -0.2) is 0 Å². The van der Waals surface area contributed by atoms with Gasteiger partial charge >= 0.3 is 0 Å². The number of aliphatic imine (C=N–C) groups is 1. The maximum Gasteiger partial charge on any atom is 0.191 e. The van der Waals surface area contributed by atoms with Crippen LogP contribution in [0.3, 0.4) is 0 Å². The van der Waals surface area contributed by atoms with Gasteiger partial charge in [-0.3, -0.25) is 14.8 Å². The zero-order valence-corrected chi connectivity index (χ0v) is 20.3. The van der Waals surface area contributed by atoms with Crippen LogP contribution in [0.2, 0.25) is 0 Å². The second-order valence-electron chi connectivity index (χ2n) is 8.22. The SMILES string of the molecule is CCNC(=NCCN1CCc2sccc2C1)NC1CCN(C2CCCC2)C1.I. The first-order valence-electron chi connectivity index (χ1n) is 10.9. The van der Waals surface area contributed by atoms with Crippen molar-refractivity contribution in [2.45, 2.75) is 64.1 Å². The minimum absolute atomic E-state index is 0. The number of halogens is 1. The van der Waals surface area contributed by atoms with Gasteiger partial charge in [0.15, 0.2) is 5.96 Å². The number of thiophene rings is 1. The summed E-state index contributed by atoms with van der Waals surface area (Å²) in [4.78, 5) is 11.7. The van der Waals surface area contributed by atoms with Crippen LogP contribution in [0.15, 0.2) is 16.4 Å². The van der Waals surface area contributed by atoms with Crippen molar-refractivity contribution in [2.24, 2.45) is 4.99 Å². The summed E-state index contributed by atoms with van der Waals surface area (Å²) >= 11 is 1.91. The van der Waals surface area contributed by atoms with Gasteiger partial charge in [0.25, 0.3) is 0 Å². The van der Waals surface area contributed by atoms with Crippen molar-refractivity contribution < 1.29 is 0 Å². The molecule has 4 rings (SSSR count). The Hall–Kier alpha value is -0.380. The predicted molar refractivity (Wildman–Crippen MR) is 130 cm³/mol. The third-order valence-electron chi connectivity index (χ3n) is 6.32. The Labute approximate surface area is 191 Å². The molecule has 0 amide bonds. The quantitative estimate of drug-likeness (QED) is 0.346. The summed E-state index contributed by atoms with van der Waals surface area (Å²) in [5.41, 5.74) is 1.53. The van der Waals surface area contributed by atoms with E-state index in [4.69, 9.17) is 4.99 Å². The molecule has 7 heteroatoms. The van der Waals surface area contributed by atoms with E-state index < -0.39 is 0 Å². The topological polar surface area (TPSA) is 42.9 Å². The van der Waals surface area contributed by atoms with E-state index in [1.165, 1.54) is 63.7 Å². The van der Waals surface area contributed by atoms with Gasteiger partial charge in [-0.15, -0.1) is 35.3 Å². The highest BCUT2D eigenvalue weighted by atomic mass is 127. The summed E-state index contributed by atoms with van der Waals surface area (Å²) < 4.78 is 0. The standard InChI is InChI=1S/C21H35N5S.HI/c1-2-22-21(24-18-7-12-26(16-18)19-5-3-4-6-19)23-10-13-25-11-8-20-17(15-25)9-14-27-20;/h9,14,18-19H,2-8,10-13,15-16H2,1H3,(H2,22,23,24);1H. The number of nitrogens with one attached hydrogen (secondary N) is 2. The first-order chi connectivity index (χ1) is 13.3. The molecule has 1 aromatic rings. The molecular weight excluding hydrogens is 481 g/mol. The van der Waals surface area contributed by atoms with Crippen LogP contribution in [0.4, 0.5) is 0 Å². The molecule has 158 valence electrons. The molecule has 3 aliphatic rings. The summed E-state index contributed by atoms with van der Waals surface area (Å²) in [6, 6.07) is 3.68. The number of guanidine groups is 1. The van der Waals surface area contributed by atoms with Crippen LogP contribution in [0.1, 0.15) is 49.5 Å². The summed E-state index contributed by atoms with van der Waals surface area (Å²) in [6.45, 7) is 9.69. The van der Waals surface area contributed by atoms with Gasteiger partial charge in [0.2, 0.25) is 0 Å². The zero-order chi connectivity index (χ0) is 18.5. The molecule has 1 aromatic heterocycles. The van der Waals surface area contributed by atoms with E-state index in [1.807, 2.05) is 11.3 Å². The summed E-state index contributed by atoms with van der Waals surface area (Å²) in [5.74, 6) is 1.00. The third kappa shape index (κ3) is 5.83. The minimum atomic E-state index is 0. The molecule has 28 heavy (non-hydrogen) atoms. The molecular formula is C21H36IN5S. The Morgan fingerprint density at radius 3 is 2.93 bits per heavy atom. The summed E-state index contributed by atoms with van der Waals surface area (Å²) in [7, 11) is 0. The van der Waals surface area contributed by atoms with Crippen molar-refractivity contribution in [3.8, 4) is 0 Å². The Bertz CT molecular complexity index is 628. The monoisotopic (exact) mass is 517 g/mol. The van der Waals surface area contributed by atoms with E-state index in [1.54, 1.807) is 4.88 Å². The molecule has 0 bridgehead atoms. The minimum Gasteiger partial charge on any atom is -0.357 e. The van der Waals surface area contributed by atoms with Crippen molar-refractivity contribution in [3.05, 3.63) is 21.9 Å². The van der Waals surface area contributed by atoms with E-state index in [-0.39, 0.29) is 24.0 Å². The molecule has 1 unspecified atom stereocenters. The molecule has 0 spiro atoms. The largest absolute Gasteiger partial charge is 0.357 e. The number of likely N-dealkylation sites (tertiary alicyclic amines) is 1. The van der Waals surface area contributed by atoms with Gasteiger partial charge < -0.3 is 10.6 Å². The lowest BCUT2D eigenvalue weighted by Crippen LogP contribution is -2.45. The fraction of sp³-hybridized carbons (Fsp3) is 0.762. The van der Waals surface area contributed by atoms with Gasteiger partial charge in [0.05, 0.1) is 6.54 Å². The highest BCUT2D eigenvalue weighted by Crippen LogP contribution is 2.26. The second-order valence-corrected chi connectivity index (χ2v) is 9.22. The average Bonchev–Trinajstić information content (AvgIpc) is 3.42. The van der Waals surface area contributed by atoms with Crippen molar-refractivity contribution in [1.29, 1.82) is 0 Å². The van der Waals surface area contributed by atoms with Crippen molar-refractivity contribution in [1.82, 2.24) is 20.4 Å². The molecule has 0 aromatic carbocycles. The van der Waals surface area contributed by atoms with Crippen LogP contribution in [0.5, 0.6) is 0 Å². The lowest BCUT2D eigenvalue weighted by Gasteiger charge is -2.26. The van der Waals surface area contributed by atoms with Crippen molar-refractivity contribution in [2.75, 3.05) is 39.3 Å². The van der Waals surface area contributed by atoms with E-state index >= 15 is 0 Å². The number of hydrogen-bond donors (Lipinski definition) is 2. The van der Waals surface area contributed by atoms with Gasteiger partial charge in [-0.2, -0.15) is 0 Å². The van der Waals surface area contributed by atoms with Crippen LogP contribution >= 0.6 is 35.3 Å². The lowest BCUT2D eigenvalue weighted by atomic mass is 10.1. The second kappa shape index (κ2) is 11.1. The zero-order valence-electron chi connectivity index (χ0n) is 17.2. The first kappa shape index (κ1) is 22.3. The maximum atomic E-state index is 4.87. The fourth-order valence-electron chi connectivity index (χ4n) is 4.82. The fourth-order valence-corrected chi connectivity index (χ4v) is 5.71. The van der Waals surface area contributed by atoms with Crippen LogP contribution in [-0.2, 0) is 13.0 Å². The molecule has 1 atom stereocenters. The highest BCUT2D eigenvalue weighted by molar-refractivity contribution is 14.0. The van der Waals surface area contributed by atoms with Gasteiger partial charge in [-0.05, 0) is 49.6 Å². The van der Waals surface area contributed by atoms with Gasteiger partial charge in [-0.1, -0.05) is 12.8 Å². The average molecular weight is 518 g/mol. The lowest BCUT2D eigenvalue weighted by molar-refractivity contribution is 0.242. The Kier molecular flexibility index (Phi) is 8.87. The smallest absolute Gasteiger partial charge is 0.191 e. The molecule has 2 N–H and O–H groups in total. The Morgan fingerprint density at radius 2 is 2.11 bits per heavy atom. The summed E-state index contributed by atoms with van der Waals surface area (Å²) in [6.07, 6.45) is 8.10. The van der Waals surface area contributed by atoms with Crippen LogP contribution in [-0.4, -0.2) is 67.1 Å². The molecule has 2 aliphatic heterocycles. The maximum absolute atomic E-state index is 4.87. The van der Waals surface area contributed by atoms with Gasteiger partial charge in [0, 0.05) is 56.2 Å². The van der Waals surface area contributed by atoms with Crippen LogP contribution in [0.25, 0.3) is 0 Å². The van der Waals surface area contributed by atoms with E-state index in [0.717, 1.165) is 38.2 Å². The van der Waals surface area contributed by atoms with Gasteiger partial charge in [0.1, 0.15) is 0 Å². The van der Waals surface area contributed by atoms with E-state index in [2.05, 4.69) is 38.8 Å². The van der Waals surface area contributed by atoms with Crippen molar-refractivity contribution >= 4 is 41.3 Å². The first-order valence-corrected chi connectivity index (χ1v) is 11.8. The number of nitrogens with zero attached hydrogens (tertiary/aromatic N) is 3. The normalized spacial score (nSPS) is 24.2. The number of rotatable bonds is 6. The Morgan fingerprint density at radius 1 is 1.25 bits per heavy atom. The van der Waals surface area contributed by atoms with Crippen LogP contribution < -0.4 is 10.6 Å². The molecule has 2 fully saturated rings. The molecule has 3 heterocycles. The molecule has 1 saturated heterocycles. The molecule has 1 aliphatic carbocycles. The predicted octanol–water partition coefficient (Wildman–Crippen LogP) is 3.30. The van der Waals surface area contributed by atoms with Crippen LogP contribution in [0, 0.1) is 0 Å². The summed E-state index contributed by atoms with van der Waals surface area (Å²) in [5, 5.41) is 9.38. The highest BCUT2D eigenvalue weighted by Gasteiger charge is 2.30. The van der Waals surface area contributed by atoms with E-state index in [0.29, 0.717) is 6.04 Å². The number of hydrogen-bond acceptors (Lipinski definition) is 4. The molecule has 5 nitrogen and oxygen atoms in total. The van der Waals surface area contributed by atoms with Crippen molar-refractivity contribution in [3.63, 3.8) is 0 Å². The number of fused-ring (bicyclic) bond motifs is 1. The third-order valence-corrected chi connectivity index (χ3v) is 7.34. The Balaban J connectivity index is 0.00000225.